The molecule has 0 radical (unpaired) electrons. The van der Waals surface area contributed by atoms with Gasteiger partial charge >= 0.3 is 0 Å². The molecule has 0 spiro atoms. The number of non-ortho nitro benzene ring substituents is 1. The first-order valence-corrected chi connectivity index (χ1v) is 10.4. The maximum Gasteiger partial charge on any atom is 0.269 e. The highest BCUT2D eigenvalue weighted by Crippen LogP contribution is 2.60. The zero-order chi connectivity index (χ0) is 19.0. The number of nitrogens with zero attached hydrogens (tertiary/aromatic N) is 1. The normalized spacial score (nSPS) is 30.7. The van der Waals surface area contributed by atoms with E-state index in [1.165, 1.54) is 62.8 Å². The van der Waals surface area contributed by atoms with Crippen LogP contribution in [0.1, 0.15) is 48.9 Å². The average molecular weight is 389 g/mol. The van der Waals surface area contributed by atoms with Crippen molar-refractivity contribution in [3.8, 4) is 0 Å². The summed E-state index contributed by atoms with van der Waals surface area (Å²) in [6.07, 6.45) is 7.80. The van der Waals surface area contributed by atoms with Gasteiger partial charge in [-0.15, -0.1) is 11.8 Å². The number of thioether (sulfide) groups is 1. The van der Waals surface area contributed by atoms with Gasteiger partial charge in [0.2, 0.25) is 5.91 Å². The fourth-order valence-corrected chi connectivity index (χ4v) is 6.97. The molecule has 1 aromatic rings. The number of hydrogen-bond acceptors (Lipinski definition) is 5. The molecule has 0 aliphatic heterocycles. The molecule has 0 heterocycles. The molecular formula is C19H23N3O4S. The van der Waals surface area contributed by atoms with Crippen LogP contribution in [0.5, 0.6) is 0 Å². The van der Waals surface area contributed by atoms with Gasteiger partial charge < -0.3 is 0 Å². The Morgan fingerprint density at radius 1 is 1.04 bits per heavy atom. The predicted octanol–water partition coefficient (Wildman–Crippen LogP) is 3.06. The van der Waals surface area contributed by atoms with Crippen molar-refractivity contribution < 1.29 is 14.5 Å². The molecule has 0 unspecified atom stereocenters. The zero-order valence-electron chi connectivity index (χ0n) is 15.0. The second-order valence-electron chi connectivity index (χ2n) is 8.20. The van der Waals surface area contributed by atoms with Crippen molar-refractivity contribution in [2.45, 2.75) is 43.3 Å². The van der Waals surface area contributed by atoms with Crippen LogP contribution in [-0.2, 0) is 4.79 Å². The lowest BCUT2D eigenvalue weighted by atomic mass is 9.56. The monoisotopic (exact) mass is 389 g/mol. The first-order chi connectivity index (χ1) is 12.9. The molecule has 5 rings (SSSR count). The molecule has 4 aliphatic carbocycles. The smallest absolute Gasteiger partial charge is 0.269 e. The fraction of sp³-hybridized carbons (Fsp3) is 0.579. The van der Waals surface area contributed by atoms with Crippen LogP contribution in [0.25, 0.3) is 0 Å². The molecule has 2 N–H and O–H groups in total. The molecule has 144 valence electrons. The van der Waals surface area contributed by atoms with Crippen molar-refractivity contribution in [1.82, 2.24) is 10.9 Å². The minimum Gasteiger partial charge on any atom is -0.272 e. The van der Waals surface area contributed by atoms with Crippen molar-refractivity contribution in [3.05, 3.63) is 39.9 Å². The van der Waals surface area contributed by atoms with Crippen LogP contribution in [0.15, 0.2) is 24.3 Å². The highest BCUT2D eigenvalue weighted by Gasteiger charge is 2.51. The van der Waals surface area contributed by atoms with Crippen LogP contribution in [0.2, 0.25) is 0 Å². The molecular weight excluding hydrogens is 366 g/mol. The molecule has 1 aromatic carbocycles. The third-order valence-corrected chi connectivity index (χ3v) is 7.67. The molecule has 2 amide bonds. The van der Waals surface area contributed by atoms with Gasteiger partial charge in [0.1, 0.15) is 0 Å². The van der Waals surface area contributed by atoms with Crippen LogP contribution in [-0.4, -0.2) is 27.2 Å². The molecule has 0 aromatic heterocycles. The standard InChI is InChI=1S/C19H23N3O4S/c23-17(20-21-18(24)15-1-3-16(4-2-15)22(25)26)11-27-19-8-12-5-13(9-19)7-14(6-12)10-19/h1-4,12-14H,5-11H2,(H,20,23)(H,21,24). The first kappa shape index (κ1) is 18.3. The SMILES string of the molecule is O=C(CSC12CC3CC(CC(C3)C1)C2)NNC(=O)c1ccc([N+](=O)[O-])cc1. The fourth-order valence-electron chi connectivity index (χ4n) is 5.40. The molecule has 8 heteroatoms. The Labute approximate surface area is 161 Å². The number of rotatable bonds is 5. The van der Waals surface area contributed by atoms with E-state index in [1.807, 2.05) is 0 Å². The lowest BCUT2D eigenvalue weighted by Gasteiger charge is -2.56. The van der Waals surface area contributed by atoms with Crippen molar-refractivity contribution >= 4 is 29.3 Å². The summed E-state index contributed by atoms with van der Waals surface area (Å²) in [5.74, 6) is 2.16. The van der Waals surface area contributed by atoms with Crippen LogP contribution >= 0.6 is 11.8 Å². The Morgan fingerprint density at radius 2 is 1.59 bits per heavy atom. The molecule has 4 fully saturated rings. The van der Waals surface area contributed by atoms with Crippen molar-refractivity contribution in [2.75, 3.05) is 5.75 Å². The van der Waals surface area contributed by atoms with E-state index in [9.17, 15) is 19.7 Å². The molecule has 0 atom stereocenters. The summed E-state index contributed by atoms with van der Waals surface area (Å²) < 4.78 is 0.258. The Balaban J connectivity index is 1.25. The Morgan fingerprint density at radius 3 is 2.11 bits per heavy atom. The van der Waals surface area contributed by atoms with Crippen molar-refractivity contribution in [1.29, 1.82) is 0 Å². The van der Waals surface area contributed by atoms with Gasteiger partial charge in [-0.05, 0) is 68.4 Å². The lowest BCUT2D eigenvalue weighted by Crippen LogP contribution is -2.49. The van der Waals surface area contributed by atoms with Gasteiger partial charge in [-0.25, -0.2) is 0 Å². The minimum atomic E-state index is -0.523. The first-order valence-electron chi connectivity index (χ1n) is 9.40. The summed E-state index contributed by atoms with van der Waals surface area (Å²) in [5, 5.41) is 10.6. The highest BCUT2D eigenvalue weighted by molar-refractivity contribution is 8.01. The van der Waals surface area contributed by atoms with E-state index < -0.39 is 10.8 Å². The average Bonchev–Trinajstić information content (AvgIpc) is 2.63. The molecule has 4 saturated carbocycles. The van der Waals surface area contributed by atoms with Gasteiger partial charge in [-0.1, -0.05) is 0 Å². The zero-order valence-corrected chi connectivity index (χ0v) is 15.8. The van der Waals surface area contributed by atoms with E-state index >= 15 is 0 Å². The van der Waals surface area contributed by atoms with Crippen LogP contribution in [0.3, 0.4) is 0 Å². The summed E-state index contributed by atoms with van der Waals surface area (Å²) >= 11 is 1.76. The number of hydrogen-bond donors (Lipinski definition) is 2. The van der Waals surface area contributed by atoms with E-state index in [-0.39, 0.29) is 21.9 Å². The maximum atomic E-state index is 12.2. The van der Waals surface area contributed by atoms with Crippen LogP contribution < -0.4 is 10.9 Å². The summed E-state index contributed by atoms with van der Waals surface area (Å²) in [7, 11) is 0. The summed E-state index contributed by atoms with van der Waals surface area (Å²) in [6.45, 7) is 0. The van der Waals surface area contributed by atoms with Gasteiger partial charge in [0.05, 0.1) is 10.7 Å². The molecule has 0 saturated heterocycles. The summed E-state index contributed by atoms with van der Waals surface area (Å²) in [6, 6.07) is 5.26. The van der Waals surface area contributed by atoms with E-state index in [0.29, 0.717) is 5.75 Å². The maximum absolute atomic E-state index is 12.2. The molecule has 27 heavy (non-hydrogen) atoms. The van der Waals surface area contributed by atoms with Gasteiger partial charge in [0, 0.05) is 22.4 Å². The van der Waals surface area contributed by atoms with Gasteiger partial charge in [0.25, 0.3) is 11.6 Å². The van der Waals surface area contributed by atoms with E-state index in [4.69, 9.17) is 0 Å². The second-order valence-corrected chi connectivity index (χ2v) is 9.64. The summed E-state index contributed by atoms with van der Waals surface area (Å²) in [5.41, 5.74) is 5.02. The third-order valence-electron chi connectivity index (χ3n) is 6.15. The number of hydrazine groups is 1. The Kier molecular flexibility index (Phi) is 4.84. The van der Waals surface area contributed by atoms with Crippen LogP contribution in [0.4, 0.5) is 5.69 Å². The molecule has 4 aliphatic rings. The number of benzene rings is 1. The van der Waals surface area contributed by atoms with E-state index in [1.54, 1.807) is 11.8 Å². The number of nitrogens with one attached hydrogen (secondary N) is 2. The number of amides is 2. The third kappa shape index (κ3) is 3.95. The number of nitro groups is 1. The van der Waals surface area contributed by atoms with Gasteiger partial charge in [-0.2, -0.15) is 0 Å². The molecule has 7 nitrogen and oxygen atoms in total. The highest BCUT2D eigenvalue weighted by atomic mass is 32.2. The largest absolute Gasteiger partial charge is 0.272 e. The number of carbonyl (C=O) groups excluding carboxylic acids is 2. The second kappa shape index (κ2) is 7.14. The molecule has 4 bridgehead atoms. The number of carbonyl (C=O) groups is 2. The van der Waals surface area contributed by atoms with E-state index in [2.05, 4.69) is 10.9 Å². The Bertz CT molecular complexity index is 729. The minimum absolute atomic E-state index is 0.0810. The van der Waals surface area contributed by atoms with Gasteiger partial charge in [-0.3, -0.25) is 30.6 Å². The quantitative estimate of drug-likeness (QED) is 0.595. The lowest BCUT2D eigenvalue weighted by molar-refractivity contribution is -0.384. The summed E-state index contributed by atoms with van der Waals surface area (Å²) in [4.78, 5) is 34.4. The Hall–Kier alpha value is -2.09. The van der Waals surface area contributed by atoms with Crippen LogP contribution in [0, 0.1) is 27.9 Å². The van der Waals surface area contributed by atoms with Crippen molar-refractivity contribution in [3.63, 3.8) is 0 Å². The topological polar surface area (TPSA) is 101 Å². The van der Waals surface area contributed by atoms with E-state index in [0.717, 1.165) is 17.8 Å². The number of nitro benzene ring substituents is 1. The van der Waals surface area contributed by atoms with Gasteiger partial charge in [0.15, 0.2) is 0 Å². The predicted molar refractivity (Wildman–Crippen MR) is 102 cm³/mol. The van der Waals surface area contributed by atoms with Crippen molar-refractivity contribution in [2.24, 2.45) is 17.8 Å².